The zero-order chi connectivity index (χ0) is 14.4. The summed E-state index contributed by atoms with van der Waals surface area (Å²) in [6, 6.07) is 0. The van der Waals surface area contributed by atoms with Crippen molar-refractivity contribution in [1.29, 1.82) is 0 Å². The lowest BCUT2D eigenvalue weighted by molar-refractivity contribution is -0.127. The van der Waals surface area contributed by atoms with Gasteiger partial charge in [-0.3, -0.25) is 4.79 Å². The molecule has 2 aliphatic rings. The minimum Gasteiger partial charge on any atom is -0.377 e. The van der Waals surface area contributed by atoms with Crippen LogP contribution in [-0.4, -0.2) is 18.0 Å². The standard InChI is InChI=1S/C17H29ClO2/c1-2-20-16(14-11-7-4-8-12-14)15(17(18)19)13-9-5-3-6-10-13/h13-16H,2-12H2,1H3. The highest BCUT2D eigenvalue weighted by molar-refractivity contribution is 6.64. The van der Waals surface area contributed by atoms with Crippen molar-refractivity contribution in [2.75, 3.05) is 6.61 Å². The van der Waals surface area contributed by atoms with E-state index in [0.29, 0.717) is 18.4 Å². The lowest BCUT2D eigenvalue weighted by atomic mass is 9.72. The van der Waals surface area contributed by atoms with Gasteiger partial charge in [0, 0.05) is 6.61 Å². The zero-order valence-electron chi connectivity index (χ0n) is 12.8. The smallest absolute Gasteiger partial charge is 0.227 e. The first-order valence-electron chi connectivity index (χ1n) is 8.55. The van der Waals surface area contributed by atoms with Gasteiger partial charge in [-0.25, -0.2) is 0 Å². The maximum atomic E-state index is 12.1. The molecule has 0 bridgehead atoms. The highest BCUT2D eigenvalue weighted by Gasteiger charge is 2.39. The summed E-state index contributed by atoms with van der Waals surface area (Å²) in [5.74, 6) is 0.922. The second-order valence-electron chi connectivity index (χ2n) is 6.55. The van der Waals surface area contributed by atoms with Gasteiger partial charge in [-0.15, -0.1) is 0 Å². The summed E-state index contributed by atoms with van der Waals surface area (Å²) in [6.45, 7) is 2.72. The van der Waals surface area contributed by atoms with Crippen LogP contribution in [0.5, 0.6) is 0 Å². The third kappa shape index (κ3) is 4.21. The zero-order valence-corrected chi connectivity index (χ0v) is 13.5. The van der Waals surface area contributed by atoms with E-state index in [2.05, 4.69) is 0 Å². The molecular formula is C17H29ClO2. The Balaban J connectivity index is 2.10. The van der Waals surface area contributed by atoms with E-state index >= 15 is 0 Å². The summed E-state index contributed by atoms with van der Waals surface area (Å²) in [6.07, 6.45) is 12.5. The van der Waals surface area contributed by atoms with Gasteiger partial charge < -0.3 is 4.74 Å². The summed E-state index contributed by atoms with van der Waals surface area (Å²) in [7, 11) is 0. The molecule has 0 saturated heterocycles. The molecule has 2 nitrogen and oxygen atoms in total. The molecule has 0 radical (unpaired) electrons. The summed E-state index contributed by atoms with van der Waals surface area (Å²) in [4.78, 5) is 12.1. The van der Waals surface area contributed by atoms with Gasteiger partial charge in [-0.1, -0.05) is 38.5 Å². The quantitative estimate of drug-likeness (QED) is 0.650. The van der Waals surface area contributed by atoms with Crippen molar-refractivity contribution in [2.24, 2.45) is 17.8 Å². The first-order valence-corrected chi connectivity index (χ1v) is 8.92. The van der Waals surface area contributed by atoms with E-state index in [1.807, 2.05) is 6.92 Å². The SMILES string of the molecule is CCOC(C1CCCCC1)C(C(=O)Cl)C1CCCCC1. The molecule has 2 aliphatic carbocycles. The van der Waals surface area contributed by atoms with Crippen molar-refractivity contribution in [1.82, 2.24) is 0 Å². The number of halogens is 1. The lowest BCUT2D eigenvalue weighted by Crippen LogP contribution is -2.41. The van der Waals surface area contributed by atoms with Crippen molar-refractivity contribution in [3.63, 3.8) is 0 Å². The maximum Gasteiger partial charge on any atom is 0.227 e. The van der Waals surface area contributed by atoms with Crippen molar-refractivity contribution in [2.45, 2.75) is 77.2 Å². The summed E-state index contributed by atoms with van der Waals surface area (Å²) >= 11 is 6.01. The summed E-state index contributed by atoms with van der Waals surface area (Å²) in [5, 5.41) is -0.152. The van der Waals surface area contributed by atoms with E-state index in [-0.39, 0.29) is 17.3 Å². The number of hydrogen-bond acceptors (Lipinski definition) is 2. The number of ether oxygens (including phenoxy) is 1. The molecule has 0 aliphatic heterocycles. The molecule has 0 aromatic carbocycles. The normalized spacial score (nSPS) is 25.3. The molecule has 2 unspecified atom stereocenters. The molecule has 2 saturated carbocycles. The van der Waals surface area contributed by atoms with Crippen LogP contribution in [0.4, 0.5) is 0 Å². The third-order valence-electron chi connectivity index (χ3n) is 5.25. The first-order chi connectivity index (χ1) is 9.74. The maximum absolute atomic E-state index is 12.1. The Hall–Kier alpha value is -0.0800. The lowest BCUT2D eigenvalue weighted by Gasteiger charge is -2.38. The Morgan fingerprint density at radius 3 is 1.95 bits per heavy atom. The van der Waals surface area contributed by atoms with Gasteiger partial charge >= 0.3 is 0 Å². The minimum atomic E-state index is -0.152. The second-order valence-corrected chi connectivity index (χ2v) is 6.92. The van der Waals surface area contributed by atoms with Gasteiger partial charge in [0.1, 0.15) is 0 Å². The Labute approximate surface area is 128 Å². The van der Waals surface area contributed by atoms with Gasteiger partial charge in [-0.2, -0.15) is 0 Å². The van der Waals surface area contributed by atoms with Gasteiger partial charge in [0.25, 0.3) is 0 Å². The van der Waals surface area contributed by atoms with Crippen LogP contribution in [0.25, 0.3) is 0 Å². The van der Waals surface area contributed by atoms with Crippen LogP contribution in [-0.2, 0) is 9.53 Å². The molecular weight excluding hydrogens is 272 g/mol. The molecule has 20 heavy (non-hydrogen) atoms. The average Bonchev–Trinajstić information content (AvgIpc) is 2.48. The topological polar surface area (TPSA) is 26.3 Å². The Bertz CT molecular complexity index is 293. The molecule has 0 spiro atoms. The van der Waals surface area contributed by atoms with Gasteiger partial charge in [0.05, 0.1) is 12.0 Å². The van der Waals surface area contributed by atoms with E-state index in [9.17, 15) is 4.79 Å². The highest BCUT2D eigenvalue weighted by Crippen LogP contribution is 2.40. The van der Waals surface area contributed by atoms with Gasteiger partial charge in [0.2, 0.25) is 5.24 Å². The Morgan fingerprint density at radius 2 is 1.50 bits per heavy atom. The largest absolute Gasteiger partial charge is 0.377 e. The fourth-order valence-electron chi connectivity index (χ4n) is 4.26. The fraction of sp³-hybridized carbons (Fsp3) is 0.941. The first kappa shape index (κ1) is 16.3. The van der Waals surface area contributed by atoms with E-state index in [1.165, 1.54) is 51.4 Å². The van der Waals surface area contributed by atoms with Crippen LogP contribution in [0, 0.1) is 17.8 Å². The van der Waals surface area contributed by atoms with Crippen LogP contribution < -0.4 is 0 Å². The number of carbonyl (C=O) groups is 1. The number of hydrogen-bond donors (Lipinski definition) is 0. The van der Waals surface area contributed by atoms with Crippen molar-refractivity contribution in [3.05, 3.63) is 0 Å². The van der Waals surface area contributed by atoms with Crippen LogP contribution in [0.3, 0.4) is 0 Å². The third-order valence-corrected chi connectivity index (χ3v) is 5.50. The van der Waals surface area contributed by atoms with Gasteiger partial charge in [0.15, 0.2) is 0 Å². The number of carbonyl (C=O) groups excluding carboxylic acids is 1. The van der Waals surface area contributed by atoms with Crippen molar-refractivity contribution >= 4 is 16.8 Å². The van der Waals surface area contributed by atoms with Crippen LogP contribution >= 0.6 is 11.6 Å². The van der Waals surface area contributed by atoms with Crippen LogP contribution in [0.1, 0.15) is 71.1 Å². The molecule has 2 atom stereocenters. The van der Waals surface area contributed by atoms with Crippen LogP contribution in [0.15, 0.2) is 0 Å². The average molecular weight is 301 g/mol. The summed E-state index contributed by atoms with van der Waals surface area (Å²) in [5.41, 5.74) is 0. The second kappa shape index (κ2) is 8.38. The van der Waals surface area contributed by atoms with E-state index in [1.54, 1.807) is 0 Å². The monoisotopic (exact) mass is 300 g/mol. The molecule has 3 heteroatoms. The Morgan fingerprint density at radius 1 is 1.00 bits per heavy atom. The van der Waals surface area contributed by atoms with Crippen molar-refractivity contribution in [3.8, 4) is 0 Å². The van der Waals surface area contributed by atoms with E-state index in [4.69, 9.17) is 16.3 Å². The molecule has 2 rings (SSSR count). The minimum absolute atomic E-state index is 0.0633. The van der Waals surface area contributed by atoms with Crippen LogP contribution in [0.2, 0.25) is 0 Å². The molecule has 0 aromatic rings. The van der Waals surface area contributed by atoms with E-state index < -0.39 is 0 Å². The Kier molecular flexibility index (Phi) is 6.83. The predicted molar refractivity (Wildman–Crippen MR) is 82.9 cm³/mol. The molecule has 2 fully saturated rings. The van der Waals surface area contributed by atoms with Gasteiger partial charge in [-0.05, 0) is 56.0 Å². The molecule has 0 heterocycles. The molecule has 116 valence electrons. The summed E-state index contributed by atoms with van der Waals surface area (Å²) < 4.78 is 6.05. The molecule has 0 aromatic heterocycles. The predicted octanol–water partition coefficient (Wildman–Crippen LogP) is 4.93. The molecule has 0 amide bonds. The van der Waals surface area contributed by atoms with Crippen molar-refractivity contribution < 1.29 is 9.53 Å². The van der Waals surface area contributed by atoms with E-state index in [0.717, 1.165) is 12.8 Å². The number of rotatable bonds is 6. The highest BCUT2D eigenvalue weighted by atomic mass is 35.5. The molecule has 0 N–H and O–H groups in total. The fourth-order valence-corrected chi connectivity index (χ4v) is 4.57.